The van der Waals surface area contributed by atoms with E-state index in [2.05, 4.69) is 4.98 Å². The number of aliphatic hydroxyl groups excluding tert-OH is 1. The van der Waals surface area contributed by atoms with E-state index >= 15 is 0 Å². The summed E-state index contributed by atoms with van der Waals surface area (Å²) in [6, 6.07) is 12.0. The molecule has 0 radical (unpaired) electrons. The van der Waals surface area contributed by atoms with Crippen molar-refractivity contribution in [3.05, 3.63) is 88.7 Å². The quantitative estimate of drug-likeness (QED) is 0.292. The van der Waals surface area contributed by atoms with Gasteiger partial charge in [0, 0.05) is 23.6 Å². The summed E-state index contributed by atoms with van der Waals surface area (Å²) in [5.74, 6) is -1.89. The highest BCUT2D eigenvalue weighted by Gasteiger charge is 2.47. The molecule has 0 spiro atoms. The number of ether oxygens (including phenoxy) is 1. The molecule has 35 heavy (non-hydrogen) atoms. The van der Waals surface area contributed by atoms with Gasteiger partial charge >= 0.3 is 0 Å². The molecule has 3 aromatic rings. The molecule has 180 valence electrons. The molecule has 1 fully saturated rings. The minimum Gasteiger partial charge on any atom is -0.507 e. The lowest BCUT2D eigenvalue weighted by molar-refractivity contribution is -0.132. The summed E-state index contributed by atoms with van der Waals surface area (Å²) < 4.78 is 28.8. The van der Waals surface area contributed by atoms with E-state index in [1.807, 2.05) is 0 Å². The van der Waals surface area contributed by atoms with Crippen LogP contribution in [0.1, 0.15) is 24.1 Å². The van der Waals surface area contributed by atoms with Crippen molar-refractivity contribution < 1.29 is 27.9 Å². The number of halogens is 1. The fraction of sp³-hybridized carbons (Fsp3) is 0.125. The van der Waals surface area contributed by atoms with Crippen LogP contribution in [0, 0.1) is 0 Å². The minimum absolute atomic E-state index is 0.124. The minimum atomic E-state index is -3.96. The zero-order valence-corrected chi connectivity index (χ0v) is 20.0. The Balaban J connectivity index is 1.92. The van der Waals surface area contributed by atoms with E-state index < -0.39 is 33.5 Å². The second-order valence-corrected chi connectivity index (χ2v) is 9.53. The molecule has 1 aliphatic rings. The van der Waals surface area contributed by atoms with Crippen LogP contribution in [0.25, 0.3) is 5.76 Å². The molecule has 1 unspecified atom stereocenters. The summed E-state index contributed by atoms with van der Waals surface area (Å²) in [7, 11) is -3.96. The number of hydrogen-bond acceptors (Lipinski definition) is 7. The average molecular weight is 514 g/mol. The molecule has 9 nitrogen and oxygen atoms in total. The van der Waals surface area contributed by atoms with Gasteiger partial charge in [0.15, 0.2) is 0 Å². The van der Waals surface area contributed by atoms with Gasteiger partial charge in [0.1, 0.15) is 11.5 Å². The van der Waals surface area contributed by atoms with Crippen molar-refractivity contribution in [3.8, 4) is 5.75 Å². The molecule has 0 aliphatic carbocycles. The Morgan fingerprint density at radius 3 is 2.37 bits per heavy atom. The first-order chi connectivity index (χ1) is 16.6. The van der Waals surface area contributed by atoms with Gasteiger partial charge in [0.25, 0.3) is 11.7 Å². The number of carbonyl (C=O) groups excluding carboxylic acids is 2. The summed E-state index contributed by atoms with van der Waals surface area (Å²) in [6.45, 7) is 2.17. The number of Topliss-reactive ketones (excluding diaryl/α,β-unsaturated/α-hetero) is 1. The largest absolute Gasteiger partial charge is 0.507 e. The van der Waals surface area contributed by atoms with E-state index in [1.165, 1.54) is 53.7 Å². The molecular formula is C24H20ClN3O6S. The number of amides is 1. The van der Waals surface area contributed by atoms with Gasteiger partial charge in [-0.3, -0.25) is 19.5 Å². The monoisotopic (exact) mass is 513 g/mol. The summed E-state index contributed by atoms with van der Waals surface area (Å²) >= 11 is 6.32. The van der Waals surface area contributed by atoms with Crippen LogP contribution in [0.5, 0.6) is 5.75 Å². The number of aromatic nitrogens is 1. The van der Waals surface area contributed by atoms with Crippen molar-refractivity contribution in [1.82, 2.24) is 4.98 Å². The molecule has 1 amide bonds. The van der Waals surface area contributed by atoms with Crippen molar-refractivity contribution in [2.75, 3.05) is 11.5 Å². The number of ketones is 1. The molecule has 1 aliphatic heterocycles. The first-order valence-corrected chi connectivity index (χ1v) is 12.3. The van der Waals surface area contributed by atoms with Crippen molar-refractivity contribution >= 4 is 44.8 Å². The van der Waals surface area contributed by atoms with Crippen LogP contribution in [-0.4, -0.2) is 36.8 Å². The molecule has 1 aromatic heterocycles. The van der Waals surface area contributed by atoms with Crippen LogP contribution >= 0.6 is 11.6 Å². The Morgan fingerprint density at radius 1 is 1.11 bits per heavy atom. The fourth-order valence-electron chi connectivity index (χ4n) is 3.84. The van der Waals surface area contributed by atoms with Crippen molar-refractivity contribution in [2.24, 2.45) is 5.14 Å². The molecule has 2 aromatic carbocycles. The van der Waals surface area contributed by atoms with E-state index in [0.717, 1.165) is 0 Å². The zero-order valence-electron chi connectivity index (χ0n) is 18.4. The van der Waals surface area contributed by atoms with Crippen molar-refractivity contribution in [3.63, 3.8) is 0 Å². The maximum absolute atomic E-state index is 13.2. The van der Waals surface area contributed by atoms with Crippen LogP contribution in [0.3, 0.4) is 0 Å². The number of benzene rings is 2. The Labute approximate surface area is 206 Å². The Morgan fingerprint density at radius 2 is 1.77 bits per heavy atom. The maximum atomic E-state index is 13.2. The van der Waals surface area contributed by atoms with Gasteiger partial charge in [-0.25, -0.2) is 13.6 Å². The number of hydrogen-bond donors (Lipinski definition) is 2. The number of sulfonamides is 1. The highest BCUT2D eigenvalue weighted by atomic mass is 35.5. The lowest BCUT2D eigenvalue weighted by atomic mass is 9.95. The number of anilines is 1. The molecule has 11 heteroatoms. The van der Waals surface area contributed by atoms with Gasteiger partial charge in [-0.15, -0.1) is 0 Å². The van der Waals surface area contributed by atoms with E-state index in [0.29, 0.717) is 17.9 Å². The highest BCUT2D eigenvalue weighted by Crippen LogP contribution is 2.43. The van der Waals surface area contributed by atoms with Crippen LogP contribution in [-0.2, 0) is 19.6 Å². The lowest BCUT2D eigenvalue weighted by Crippen LogP contribution is -2.29. The molecule has 2 heterocycles. The number of pyridine rings is 1. The maximum Gasteiger partial charge on any atom is 0.300 e. The van der Waals surface area contributed by atoms with Crippen molar-refractivity contribution in [2.45, 2.75) is 17.9 Å². The standard InChI is InChI=1S/C24H20ClN3O6S/c1-2-34-16-5-8-19(25)18(13-16)22(29)20-21(14-9-11-27-12-10-14)28(24(31)23(20)30)15-3-6-17(7-4-15)35(26,32)33/h3-13,21,29H,2H2,1H3,(H2,26,32,33)/b22-20+. The summed E-state index contributed by atoms with van der Waals surface area (Å²) in [6.07, 6.45) is 2.98. The predicted octanol–water partition coefficient (Wildman–Crippen LogP) is 3.41. The number of rotatable bonds is 6. The number of carbonyl (C=O) groups is 2. The SMILES string of the molecule is CCOc1ccc(Cl)c(/C(O)=C2\C(=O)C(=O)N(c3ccc(S(N)(=O)=O)cc3)C2c2ccncc2)c1. The number of primary sulfonamides is 1. The van der Waals surface area contributed by atoms with Gasteiger partial charge in [-0.1, -0.05) is 11.6 Å². The van der Waals surface area contributed by atoms with E-state index in [9.17, 15) is 23.1 Å². The first-order valence-electron chi connectivity index (χ1n) is 10.4. The summed E-state index contributed by atoms with van der Waals surface area (Å²) in [5.41, 5.74) is 0.661. The smallest absolute Gasteiger partial charge is 0.300 e. The van der Waals surface area contributed by atoms with Gasteiger partial charge in [0.05, 0.1) is 28.1 Å². The predicted molar refractivity (Wildman–Crippen MR) is 129 cm³/mol. The molecule has 0 bridgehead atoms. The Hall–Kier alpha value is -3.73. The molecule has 3 N–H and O–H groups in total. The Bertz CT molecular complexity index is 1440. The number of aliphatic hydroxyl groups is 1. The van der Waals surface area contributed by atoms with Gasteiger partial charge in [-0.05, 0) is 67.1 Å². The third kappa shape index (κ3) is 4.63. The van der Waals surface area contributed by atoms with E-state index in [4.69, 9.17) is 21.5 Å². The van der Waals surface area contributed by atoms with Crippen molar-refractivity contribution in [1.29, 1.82) is 0 Å². The van der Waals surface area contributed by atoms with Gasteiger partial charge in [-0.2, -0.15) is 0 Å². The highest BCUT2D eigenvalue weighted by molar-refractivity contribution is 7.89. The topological polar surface area (TPSA) is 140 Å². The number of nitrogens with zero attached hydrogens (tertiary/aromatic N) is 2. The fourth-order valence-corrected chi connectivity index (χ4v) is 4.57. The number of nitrogens with two attached hydrogens (primary N) is 1. The van der Waals surface area contributed by atoms with E-state index in [1.54, 1.807) is 25.1 Å². The molecular weight excluding hydrogens is 494 g/mol. The zero-order chi connectivity index (χ0) is 25.3. The van der Waals surface area contributed by atoms with Gasteiger partial charge < -0.3 is 9.84 Å². The second kappa shape index (κ2) is 9.49. The lowest BCUT2D eigenvalue weighted by Gasteiger charge is -2.25. The average Bonchev–Trinajstić information content (AvgIpc) is 3.10. The first kappa shape index (κ1) is 24.4. The second-order valence-electron chi connectivity index (χ2n) is 7.56. The normalized spacial score (nSPS) is 17.6. The van der Waals surface area contributed by atoms with Gasteiger partial charge in [0.2, 0.25) is 10.0 Å². The molecule has 4 rings (SSSR count). The van der Waals surface area contributed by atoms with Crippen LogP contribution < -0.4 is 14.8 Å². The summed E-state index contributed by atoms with van der Waals surface area (Å²) in [5, 5.41) is 16.6. The van der Waals surface area contributed by atoms with Crippen LogP contribution in [0.15, 0.2) is 77.5 Å². The summed E-state index contributed by atoms with van der Waals surface area (Å²) in [4.78, 5) is 31.4. The molecule has 1 saturated heterocycles. The van der Waals surface area contributed by atoms with E-state index in [-0.39, 0.29) is 26.7 Å². The van der Waals surface area contributed by atoms with Crippen LogP contribution in [0.2, 0.25) is 5.02 Å². The molecule has 0 saturated carbocycles. The molecule has 1 atom stereocenters. The van der Waals surface area contributed by atoms with Crippen LogP contribution in [0.4, 0.5) is 5.69 Å². The Kier molecular flexibility index (Phi) is 6.62. The third-order valence-corrected chi connectivity index (χ3v) is 6.67. The third-order valence-electron chi connectivity index (χ3n) is 5.41.